The molecule has 0 aliphatic heterocycles. The van der Waals surface area contributed by atoms with Crippen LogP contribution in [0.3, 0.4) is 0 Å². The van der Waals surface area contributed by atoms with E-state index >= 15 is 0 Å². The van der Waals surface area contributed by atoms with Gasteiger partial charge in [0.1, 0.15) is 5.75 Å². The van der Waals surface area contributed by atoms with E-state index in [0.717, 1.165) is 11.3 Å². The third kappa shape index (κ3) is 4.37. The Morgan fingerprint density at radius 1 is 1.35 bits per heavy atom. The minimum Gasteiger partial charge on any atom is -0.543 e. The number of carboxylic acids is 1. The summed E-state index contributed by atoms with van der Waals surface area (Å²) in [5.74, 6) is -0.287. The van der Waals surface area contributed by atoms with Crippen LogP contribution in [0.2, 0.25) is 18.1 Å². The van der Waals surface area contributed by atoms with E-state index in [1.165, 1.54) is 0 Å². The molecule has 0 aromatic heterocycles. The summed E-state index contributed by atoms with van der Waals surface area (Å²) >= 11 is 0. The molecule has 1 unspecified atom stereocenters. The highest BCUT2D eigenvalue weighted by Gasteiger charge is 2.38. The molecule has 0 amide bonds. The summed E-state index contributed by atoms with van der Waals surface area (Å²) in [5.41, 5.74) is 1.01. The zero-order valence-corrected chi connectivity index (χ0v) is 14.4. The van der Waals surface area contributed by atoms with Crippen molar-refractivity contribution in [1.29, 1.82) is 0 Å². The van der Waals surface area contributed by atoms with Gasteiger partial charge in [-0.3, -0.25) is 4.79 Å². The van der Waals surface area contributed by atoms with Crippen LogP contribution in [-0.4, -0.2) is 19.4 Å². The molecule has 0 aliphatic carbocycles. The SMILES string of the molecule is CC(Cc1cccc(O[Si](C)(C)C(C)(C)C)c1)C(=O)O. The second-order valence-electron chi connectivity index (χ2n) is 6.95. The molecule has 0 fully saturated rings. The quantitative estimate of drug-likeness (QED) is 0.822. The standard InChI is InChI=1S/C16H26O3Si/c1-12(15(17)18)10-13-8-7-9-14(11-13)19-20(5,6)16(2,3)4/h7-9,11-12H,10H2,1-6H3,(H,17,18). The summed E-state index contributed by atoms with van der Waals surface area (Å²) < 4.78 is 6.24. The van der Waals surface area contributed by atoms with Gasteiger partial charge in [0, 0.05) is 0 Å². The number of hydrogen-bond acceptors (Lipinski definition) is 2. The molecular formula is C16H26O3Si. The molecule has 112 valence electrons. The van der Waals surface area contributed by atoms with Crippen LogP contribution in [0.25, 0.3) is 0 Å². The minimum atomic E-state index is -1.85. The van der Waals surface area contributed by atoms with Gasteiger partial charge in [-0.05, 0) is 42.2 Å². The van der Waals surface area contributed by atoms with Gasteiger partial charge in [-0.2, -0.15) is 0 Å². The fourth-order valence-corrected chi connectivity index (χ4v) is 2.65. The number of aliphatic carboxylic acids is 1. The summed E-state index contributed by atoms with van der Waals surface area (Å²) in [6.07, 6.45) is 0.532. The van der Waals surface area contributed by atoms with Crippen molar-refractivity contribution in [2.45, 2.75) is 52.2 Å². The lowest BCUT2D eigenvalue weighted by atomic mass is 10.0. The molecule has 1 N–H and O–H groups in total. The molecule has 20 heavy (non-hydrogen) atoms. The average molecular weight is 294 g/mol. The van der Waals surface area contributed by atoms with Crippen LogP contribution in [-0.2, 0) is 11.2 Å². The molecule has 3 nitrogen and oxygen atoms in total. The van der Waals surface area contributed by atoms with Crippen molar-refractivity contribution < 1.29 is 14.3 Å². The Kier molecular flexibility index (Phi) is 5.03. The smallest absolute Gasteiger partial charge is 0.306 e. The maximum atomic E-state index is 10.9. The fraction of sp³-hybridized carbons (Fsp3) is 0.562. The third-order valence-corrected chi connectivity index (χ3v) is 8.40. The van der Waals surface area contributed by atoms with E-state index < -0.39 is 14.3 Å². The first kappa shape index (κ1) is 16.8. The predicted molar refractivity (Wildman–Crippen MR) is 84.8 cm³/mol. The molecule has 0 saturated carbocycles. The fourth-order valence-electron chi connectivity index (χ4n) is 1.62. The van der Waals surface area contributed by atoms with Gasteiger partial charge in [0.25, 0.3) is 0 Å². The van der Waals surface area contributed by atoms with Crippen LogP contribution >= 0.6 is 0 Å². The van der Waals surface area contributed by atoms with Gasteiger partial charge < -0.3 is 9.53 Å². The molecular weight excluding hydrogens is 268 g/mol. The normalized spacial score (nSPS) is 13.9. The molecule has 1 rings (SSSR count). The van der Waals surface area contributed by atoms with Gasteiger partial charge in [0.2, 0.25) is 8.32 Å². The Labute approximate surface area is 123 Å². The summed E-state index contributed by atoms with van der Waals surface area (Å²) in [6, 6.07) is 7.82. The van der Waals surface area contributed by atoms with Gasteiger partial charge in [-0.1, -0.05) is 39.8 Å². The lowest BCUT2D eigenvalue weighted by Gasteiger charge is -2.36. The van der Waals surface area contributed by atoms with Gasteiger partial charge >= 0.3 is 5.97 Å². The Bertz CT molecular complexity index is 475. The number of hydrogen-bond donors (Lipinski definition) is 1. The first-order chi connectivity index (χ1) is 9.03. The van der Waals surface area contributed by atoms with Crippen molar-refractivity contribution in [2.75, 3.05) is 0 Å². The van der Waals surface area contributed by atoms with Gasteiger partial charge in [-0.15, -0.1) is 0 Å². The van der Waals surface area contributed by atoms with Crippen LogP contribution in [0.1, 0.15) is 33.3 Å². The molecule has 0 radical (unpaired) electrons. The van der Waals surface area contributed by atoms with E-state index in [-0.39, 0.29) is 11.0 Å². The lowest BCUT2D eigenvalue weighted by Crippen LogP contribution is -2.43. The topological polar surface area (TPSA) is 46.5 Å². The Balaban J connectivity index is 2.86. The third-order valence-electron chi connectivity index (χ3n) is 4.04. The molecule has 0 aliphatic rings. The molecule has 0 saturated heterocycles. The molecule has 1 atom stereocenters. The average Bonchev–Trinajstić information content (AvgIpc) is 2.26. The zero-order valence-electron chi connectivity index (χ0n) is 13.4. The second-order valence-corrected chi connectivity index (χ2v) is 11.7. The van der Waals surface area contributed by atoms with E-state index in [1.54, 1.807) is 6.92 Å². The molecule has 0 heterocycles. The first-order valence-corrected chi connectivity index (χ1v) is 9.94. The summed E-state index contributed by atoms with van der Waals surface area (Å²) in [5, 5.41) is 9.13. The Morgan fingerprint density at radius 2 is 1.95 bits per heavy atom. The van der Waals surface area contributed by atoms with E-state index in [4.69, 9.17) is 9.53 Å². The minimum absolute atomic E-state index is 0.150. The molecule has 0 bridgehead atoms. The maximum absolute atomic E-state index is 10.9. The van der Waals surface area contributed by atoms with Gasteiger partial charge in [0.15, 0.2) is 0 Å². The molecule has 1 aromatic rings. The summed E-state index contributed by atoms with van der Waals surface area (Å²) in [4.78, 5) is 10.9. The van der Waals surface area contributed by atoms with Gasteiger partial charge in [0.05, 0.1) is 5.92 Å². The second kappa shape index (κ2) is 6.00. The highest BCUT2D eigenvalue weighted by atomic mass is 28.4. The Morgan fingerprint density at radius 3 is 2.45 bits per heavy atom. The van der Waals surface area contributed by atoms with Crippen molar-refractivity contribution in [1.82, 2.24) is 0 Å². The van der Waals surface area contributed by atoms with E-state index in [9.17, 15) is 4.79 Å². The van der Waals surface area contributed by atoms with Crippen LogP contribution in [0, 0.1) is 5.92 Å². The van der Waals surface area contributed by atoms with Crippen molar-refractivity contribution in [3.63, 3.8) is 0 Å². The summed E-state index contributed by atoms with van der Waals surface area (Å²) in [6.45, 7) is 12.8. The maximum Gasteiger partial charge on any atom is 0.306 e. The van der Waals surface area contributed by atoms with Crippen LogP contribution in [0.15, 0.2) is 24.3 Å². The van der Waals surface area contributed by atoms with Crippen LogP contribution < -0.4 is 4.43 Å². The van der Waals surface area contributed by atoms with Crippen LogP contribution in [0.4, 0.5) is 0 Å². The van der Waals surface area contributed by atoms with E-state index in [1.807, 2.05) is 24.3 Å². The van der Waals surface area contributed by atoms with Crippen molar-refractivity contribution in [3.8, 4) is 5.75 Å². The van der Waals surface area contributed by atoms with Gasteiger partial charge in [-0.25, -0.2) is 0 Å². The van der Waals surface area contributed by atoms with Crippen molar-refractivity contribution in [3.05, 3.63) is 29.8 Å². The molecule has 4 heteroatoms. The van der Waals surface area contributed by atoms with E-state index in [2.05, 4.69) is 33.9 Å². The van der Waals surface area contributed by atoms with Crippen molar-refractivity contribution in [2.24, 2.45) is 5.92 Å². The first-order valence-electron chi connectivity index (χ1n) is 7.04. The monoisotopic (exact) mass is 294 g/mol. The Hall–Kier alpha value is -1.29. The number of benzene rings is 1. The predicted octanol–water partition coefficient (Wildman–Crippen LogP) is 4.33. The molecule has 0 spiro atoms. The number of carbonyl (C=O) groups is 1. The highest BCUT2D eigenvalue weighted by Crippen LogP contribution is 2.37. The highest BCUT2D eigenvalue weighted by molar-refractivity contribution is 6.74. The summed E-state index contributed by atoms with van der Waals surface area (Å²) in [7, 11) is -1.85. The number of rotatable bonds is 5. The number of carboxylic acid groups (broad SMARTS) is 1. The molecule has 1 aromatic carbocycles. The lowest BCUT2D eigenvalue weighted by molar-refractivity contribution is -0.141. The van der Waals surface area contributed by atoms with Crippen molar-refractivity contribution >= 4 is 14.3 Å². The zero-order chi connectivity index (χ0) is 15.6. The van der Waals surface area contributed by atoms with E-state index in [0.29, 0.717) is 6.42 Å². The largest absolute Gasteiger partial charge is 0.543 e. The van der Waals surface area contributed by atoms with Crippen LogP contribution in [0.5, 0.6) is 5.75 Å².